The largest absolute Gasteiger partial charge is 0.356 e. The lowest BCUT2D eigenvalue weighted by atomic mass is 9.92. The summed E-state index contributed by atoms with van der Waals surface area (Å²) in [6, 6.07) is 0.833. The van der Waals surface area contributed by atoms with Crippen LogP contribution in [0.25, 0.3) is 0 Å². The van der Waals surface area contributed by atoms with E-state index < -0.39 is 0 Å². The van der Waals surface area contributed by atoms with Crippen molar-refractivity contribution in [2.24, 2.45) is 11.8 Å². The molecule has 1 amide bonds. The molecule has 3 aliphatic rings. The molecule has 0 aromatic carbocycles. The molecule has 118 valence electrons. The van der Waals surface area contributed by atoms with Crippen LogP contribution in [0, 0.1) is 11.8 Å². The first-order chi connectivity index (χ1) is 10.3. The van der Waals surface area contributed by atoms with Crippen molar-refractivity contribution in [1.29, 1.82) is 0 Å². The number of nitrogens with zero attached hydrogens (tertiary/aromatic N) is 1. The maximum atomic E-state index is 12.2. The van der Waals surface area contributed by atoms with Gasteiger partial charge in [0.15, 0.2) is 0 Å². The van der Waals surface area contributed by atoms with E-state index in [0.29, 0.717) is 5.92 Å². The first-order valence-electron chi connectivity index (χ1n) is 8.57. The molecule has 1 N–H and O–H groups in total. The fraction of sp³-hybridized carbons (Fsp3) is 0.824. The van der Waals surface area contributed by atoms with Crippen molar-refractivity contribution in [3.8, 4) is 0 Å². The third kappa shape index (κ3) is 4.26. The van der Waals surface area contributed by atoms with Crippen LogP contribution in [0.5, 0.6) is 0 Å². The predicted molar refractivity (Wildman–Crippen MR) is 89.5 cm³/mol. The lowest BCUT2D eigenvalue weighted by Crippen LogP contribution is -2.44. The number of allylic oxidation sites excluding steroid dienone is 2. The number of piperidine rings is 1. The lowest BCUT2D eigenvalue weighted by molar-refractivity contribution is -0.125. The molecule has 0 radical (unpaired) electrons. The fourth-order valence-corrected chi connectivity index (χ4v) is 5.01. The highest BCUT2D eigenvalue weighted by molar-refractivity contribution is 7.99. The Labute approximate surface area is 132 Å². The molecular weight excluding hydrogens is 280 g/mol. The summed E-state index contributed by atoms with van der Waals surface area (Å²) in [6.07, 6.45) is 11.3. The number of hydrogen-bond donors (Lipinski definition) is 1. The summed E-state index contributed by atoms with van der Waals surface area (Å²) < 4.78 is 0. The molecule has 2 fully saturated rings. The zero-order valence-electron chi connectivity index (χ0n) is 12.9. The van der Waals surface area contributed by atoms with E-state index in [-0.39, 0.29) is 11.8 Å². The van der Waals surface area contributed by atoms with Crippen LogP contribution in [0.4, 0.5) is 0 Å². The van der Waals surface area contributed by atoms with Crippen LogP contribution in [-0.4, -0.2) is 48.0 Å². The zero-order chi connectivity index (χ0) is 14.5. The molecule has 0 aromatic rings. The van der Waals surface area contributed by atoms with Crippen molar-refractivity contribution in [3.05, 3.63) is 12.2 Å². The van der Waals surface area contributed by atoms with Gasteiger partial charge in [0.2, 0.25) is 5.91 Å². The first-order valence-corrected chi connectivity index (χ1v) is 9.73. The SMILES string of the molecule is O=C(NCC1CCN([C@@H]2CCSC2)CC1)[C@@H]1CC=CCC1. The van der Waals surface area contributed by atoms with Gasteiger partial charge in [-0.3, -0.25) is 9.69 Å². The quantitative estimate of drug-likeness (QED) is 0.811. The van der Waals surface area contributed by atoms with Gasteiger partial charge in [-0.05, 0) is 63.3 Å². The second kappa shape index (κ2) is 7.68. The maximum Gasteiger partial charge on any atom is 0.223 e. The lowest BCUT2D eigenvalue weighted by Gasteiger charge is -2.35. The highest BCUT2D eigenvalue weighted by atomic mass is 32.2. The summed E-state index contributed by atoms with van der Waals surface area (Å²) in [7, 11) is 0. The Hall–Kier alpha value is -0.480. The van der Waals surface area contributed by atoms with Gasteiger partial charge in [-0.15, -0.1) is 0 Å². The van der Waals surface area contributed by atoms with Gasteiger partial charge in [0.25, 0.3) is 0 Å². The number of amides is 1. The molecule has 0 spiro atoms. The smallest absolute Gasteiger partial charge is 0.223 e. The summed E-state index contributed by atoms with van der Waals surface area (Å²) in [5.41, 5.74) is 0. The normalized spacial score (nSPS) is 31.4. The van der Waals surface area contributed by atoms with Gasteiger partial charge in [0.05, 0.1) is 0 Å². The predicted octanol–water partition coefficient (Wildman–Crippen LogP) is 2.68. The van der Waals surface area contributed by atoms with E-state index in [0.717, 1.165) is 31.8 Å². The third-order valence-electron chi connectivity index (χ3n) is 5.28. The molecule has 2 atom stereocenters. The average Bonchev–Trinajstić information content (AvgIpc) is 3.08. The number of carbonyl (C=O) groups is 1. The van der Waals surface area contributed by atoms with E-state index in [2.05, 4.69) is 34.1 Å². The molecule has 0 unspecified atom stereocenters. The van der Waals surface area contributed by atoms with E-state index in [1.807, 2.05) is 0 Å². The van der Waals surface area contributed by atoms with Crippen molar-refractivity contribution in [1.82, 2.24) is 10.2 Å². The van der Waals surface area contributed by atoms with Crippen LogP contribution >= 0.6 is 11.8 Å². The first kappa shape index (κ1) is 15.4. The molecule has 1 aliphatic carbocycles. The maximum absolute atomic E-state index is 12.2. The van der Waals surface area contributed by atoms with E-state index >= 15 is 0 Å². The van der Waals surface area contributed by atoms with Gasteiger partial charge < -0.3 is 5.32 Å². The van der Waals surface area contributed by atoms with E-state index in [9.17, 15) is 4.79 Å². The summed E-state index contributed by atoms with van der Waals surface area (Å²) in [6.45, 7) is 3.36. The van der Waals surface area contributed by atoms with E-state index in [1.54, 1.807) is 0 Å². The van der Waals surface area contributed by atoms with Crippen LogP contribution in [0.1, 0.15) is 38.5 Å². The van der Waals surface area contributed by atoms with Crippen molar-refractivity contribution in [2.45, 2.75) is 44.6 Å². The van der Waals surface area contributed by atoms with Crippen molar-refractivity contribution >= 4 is 17.7 Å². The highest BCUT2D eigenvalue weighted by Gasteiger charge is 2.28. The van der Waals surface area contributed by atoms with Crippen molar-refractivity contribution in [2.75, 3.05) is 31.1 Å². The number of carbonyl (C=O) groups excluding carboxylic acids is 1. The minimum absolute atomic E-state index is 0.227. The molecule has 2 heterocycles. The third-order valence-corrected chi connectivity index (χ3v) is 6.42. The van der Waals surface area contributed by atoms with Crippen LogP contribution in [0.2, 0.25) is 0 Å². The van der Waals surface area contributed by atoms with E-state index in [1.165, 1.54) is 43.9 Å². The Morgan fingerprint density at radius 1 is 1.19 bits per heavy atom. The minimum Gasteiger partial charge on any atom is -0.356 e. The van der Waals surface area contributed by atoms with Gasteiger partial charge in [-0.1, -0.05) is 12.2 Å². The average molecular weight is 308 g/mol. The summed E-state index contributed by atoms with van der Waals surface area (Å²) >= 11 is 2.10. The van der Waals surface area contributed by atoms with Gasteiger partial charge >= 0.3 is 0 Å². The summed E-state index contributed by atoms with van der Waals surface area (Å²) in [5, 5.41) is 3.21. The fourth-order valence-electron chi connectivity index (χ4n) is 3.75. The second-order valence-corrected chi connectivity index (χ2v) is 7.87. The summed E-state index contributed by atoms with van der Waals surface area (Å²) in [4.78, 5) is 14.8. The molecular formula is C17H28N2OS. The minimum atomic E-state index is 0.227. The number of hydrogen-bond acceptors (Lipinski definition) is 3. The molecule has 2 saturated heterocycles. The Bertz CT molecular complexity index is 371. The molecule has 3 rings (SSSR count). The summed E-state index contributed by atoms with van der Waals surface area (Å²) in [5.74, 6) is 3.88. The molecule has 0 aromatic heterocycles. The Kier molecular flexibility index (Phi) is 5.64. The molecule has 0 bridgehead atoms. The van der Waals surface area contributed by atoms with Crippen LogP contribution < -0.4 is 5.32 Å². The molecule has 0 saturated carbocycles. The Balaban J connectivity index is 1.35. The van der Waals surface area contributed by atoms with E-state index in [4.69, 9.17) is 0 Å². The number of likely N-dealkylation sites (tertiary alicyclic amines) is 1. The molecule has 3 nitrogen and oxygen atoms in total. The monoisotopic (exact) mass is 308 g/mol. The standard InChI is InChI=1S/C17H28N2OS/c20-17(15-4-2-1-3-5-15)18-12-14-6-9-19(10-7-14)16-8-11-21-13-16/h1-2,14-16H,3-13H2,(H,18,20)/t15-,16-/m1/s1. The molecule has 4 heteroatoms. The van der Waals surface area contributed by atoms with Gasteiger partial charge in [0, 0.05) is 24.3 Å². The van der Waals surface area contributed by atoms with Crippen LogP contribution in [0.3, 0.4) is 0 Å². The van der Waals surface area contributed by atoms with Crippen molar-refractivity contribution in [3.63, 3.8) is 0 Å². The van der Waals surface area contributed by atoms with Gasteiger partial charge in [-0.2, -0.15) is 11.8 Å². The molecule has 2 aliphatic heterocycles. The van der Waals surface area contributed by atoms with Crippen LogP contribution in [-0.2, 0) is 4.79 Å². The Morgan fingerprint density at radius 2 is 2.05 bits per heavy atom. The van der Waals surface area contributed by atoms with Crippen LogP contribution in [0.15, 0.2) is 12.2 Å². The van der Waals surface area contributed by atoms with Gasteiger partial charge in [0.1, 0.15) is 0 Å². The number of nitrogens with one attached hydrogen (secondary N) is 1. The zero-order valence-corrected chi connectivity index (χ0v) is 13.7. The topological polar surface area (TPSA) is 32.3 Å². The highest BCUT2D eigenvalue weighted by Crippen LogP contribution is 2.26. The number of rotatable bonds is 4. The molecule has 21 heavy (non-hydrogen) atoms. The van der Waals surface area contributed by atoms with Gasteiger partial charge in [-0.25, -0.2) is 0 Å². The van der Waals surface area contributed by atoms with Crippen molar-refractivity contribution < 1.29 is 4.79 Å². The Morgan fingerprint density at radius 3 is 2.71 bits per heavy atom. The second-order valence-electron chi connectivity index (χ2n) is 6.72. The number of thioether (sulfide) groups is 1.